The van der Waals surface area contributed by atoms with Gasteiger partial charge >= 0.3 is 0 Å². The number of rotatable bonds is 6. The number of nitrogens with zero attached hydrogens (tertiary/aromatic N) is 5. The van der Waals surface area contributed by atoms with E-state index in [0.29, 0.717) is 28.9 Å². The minimum Gasteiger partial charge on any atom is -0.496 e. The van der Waals surface area contributed by atoms with Gasteiger partial charge in [0.05, 0.1) is 42.8 Å². The zero-order valence-corrected chi connectivity index (χ0v) is 18.2. The Morgan fingerprint density at radius 2 is 1.85 bits per heavy atom. The first-order chi connectivity index (χ1) is 16.1. The van der Waals surface area contributed by atoms with Crippen LogP contribution in [0.15, 0.2) is 84.3 Å². The molecule has 164 valence electrons. The van der Waals surface area contributed by atoms with Crippen LogP contribution in [0.2, 0.25) is 0 Å². The summed E-state index contributed by atoms with van der Waals surface area (Å²) in [5, 5.41) is 4.66. The molecule has 5 aromatic rings. The Bertz CT molecular complexity index is 1510. The molecular weight excluding hydrogens is 418 g/mol. The van der Waals surface area contributed by atoms with E-state index in [2.05, 4.69) is 15.1 Å². The van der Waals surface area contributed by atoms with E-state index in [1.165, 1.54) is 0 Å². The van der Waals surface area contributed by atoms with E-state index >= 15 is 0 Å². The number of aromatic nitrogens is 5. The number of aryl methyl sites for hydroxylation is 1. The molecular formula is C25H21N5O3. The number of methoxy groups -OCH3 is 1. The van der Waals surface area contributed by atoms with Crippen LogP contribution in [0.4, 0.5) is 0 Å². The van der Waals surface area contributed by atoms with Crippen molar-refractivity contribution in [3.8, 4) is 28.5 Å². The molecule has 0 aliphatic heterocycles. The van der Waals surface area contributed by atoms with Crippen molar-refractivity contribution in [1.29, 1.82) is 0 Å². The summed E-state index contributed by atoms with van der Waals surface area (Å²) in [6, 6.07) is 16.5. The third-order valence-electron chi connectivity index (χ3n) is 5.30. The summed E-state index contributed by atoms with van der Waals surface area (Å²) < 4.78 is 14.7. The van der Waals surface area contributed by atoms with Crippen LogP contribution in [0.5, 0.6) is 17.2 Å². The standard InChI is InChI=1S/C25H21N5O3/c1-29-14-18(13-28-29)23-12-20(9-10-26-23)33-19-7-8-22-21(11-19)25(31)30(16-27-22)15-17-5-3-4-6-24(17)32-2/h3-14,16H,15H2,1-2H3. The maximum Gasteiger partial charge on any atom is 0.261 e. The van der Waals surface area contributed by atoms with E-state index in [1.54, 1.807) is 59.3 Å². The molecule has 0 bridgehead atoms. The normalized spacial score (nSPS) is 11.0. The van der Waals surface area contributed by atoms with Crippen molar-refractivity contribution in [2.75, 3.05) is 7.11 Å². The molecule has 8 nitrogen and oxygen atoms in total. The van der Waals surface area contributed by atoms with Gasteiger partial charge in [0.15, 0.2) is 0 Å². The molecule has 0 fully saturated rings. The lowest BCUT2D eigenvalue weighted by Crippen LogP contribution is -2.21. The molecule has 2 aromatic carbocycles. The van der Waals surface area contributed by atoms with Crippen LogP contribution in [0.25, 0.3) is 22.2 Å². The van der Waals surface area contributed by atoms with Crippen molar-refractivity contribution in [2.45, 2.75) is 6.54 Å². The van der Waals surface area contributed by atoms with Gasteiger partial charge in [-0.15, -0.1) is 0 Å². The van der Waals surface area contributed by atoms with Gasteiger partial charge in [0.2, 0.25) is 0 Å². The van der Waals surface area contributed by atoms with E-state index < -0.39 is 0 Å². The first-order valence-electron chi connectivity index (χ1n) is 10.3. The Hall–Kier alpha value is -4.46. The molecule has 5 rings (SSSR count). The van der Waals surface area contributed by atoms with E-state index in [0.717, 1.165) is 22.6 Å². The Balaban J connectivity index is 1.46. The summed E-state index contributed by atoms with van der Waals surface area (Å²) in [7, 11) is 3.47. The predicted molar refractivity (Wildman–Crippen MR) is 125 cm³/mol. The monoisotopic (exact) mass is 439 g/mol. The average molecular weight is 439 g/mol. The van der Waals surface area contributed by atoms with Crippen molar-refractivity contribution in [1.82, 2.24) is 24.3 Å². The molecule has 0 amide bonds. The summed E-state index contributed by atoms with van der Waals surface area (Å²) in [5.41, 5.74) is 3.00. The van der Waals surface area contributed by atoms with Gasteiger partial charge in [-0.2, -0.15) is 5.10 Å². The van der Waals surface area contributed by atoms with Crippen LogP contribution in [0.1, 0.15) is 5.56 Å². The van der Waals surface area contributed by atoms with Gasteiger partial charge in [0.25, 0.3) is 5.56 Å². The number of fused-ring (bicyclic) bond motifs is 1. The van der Waals surface area contributed by atoms with Crippen molar-refractivity contribution < 1.29 is 9.47 Å². The molecule has 8 heteroatoms. The van der Waals surface area contributed by atoms with E-state index in [-0.39, 0.29) is 5.56 Å². The summed E-state index contributed by atoms with van der Waals surface area (Å²) in [6.45, 7) is 0.357. The van der Waals surface area contributed by atoms with Crippen LogP contribution in [-0.4, -0.2) is 31.4 Å². The largest absolute Gasteiger partial charge is 0.496 e. The van der Waals surface area contributed by atoms with Crippen molar-refractivity contribution in [3.05, 3.63) is 95.4 Å². The molecule has 3 heterocycles. The second-order valence-corrected chi connectivity index (χ2v) is 7.55. The Morgan fingerprint density at radius 3 is 2.67 bits per heavy atom. The third kappa shape index (κ3) is 4.18. The maximum atomic E-state index is 13.2. The molecule has 0 radical (unpaired) electrons. The zero-order chi connectivity index (χ0) is 22.8. The number of benzene rings is 2. The molecule has 0 spiro atoms. The van der Waals surface area contributed by atoms with Gasteiger partial charge in [-0.05, 0) is 30.3 Å². The van der Waals surface area contributed by atoms with E-state index in [9.17, 15) is 4.79 Å². The van der Waals surface area contributed by atoms with E-state index in [1.807, 2.05) is 43.6 Å². The fraction of sp³-hybridized carbons (Fsp3) is 0.120. The second-order valence-electron chi connectivity index (χ2n) is 7.55. The fourth-order valence-electron chi connectivity index (χ4n) is 3.65. The molecule has 33 heavy (non-hydrogen) atoms. The van der Waals surface area contributed by atoms with Crippen molar-refractivity contribution in [3.63, 3.8) is 0 Å². The smallest absolute Gasteiger partial charge is 0.261 e. The summed E-state index contributed by atoms with van der Waals surface area (Å²) >= 11 is 0. The molecule has 0 saturated carbocycles. The number of hydrogen-bond acceptors (Lipinski definition) is 6. The van der Waals surface area contributed by atoms with Gasteiger partial charge in [-0.3, -0.25) is 19.0 Å². The molecule has 0 aliphatic rings. The van der Waals surface area contributed by atoms with Gasteiger partial charge < -0.3 is 9.47 Å². The molecule has 0 aliphatic carbocycles. The molecule has 0 atom stereocenters. The molecule has 0 saturated heterocycles. The zero-order valence-electron chi connectivity index (χ0n) is 18.2. The number of hydrogen-bond donors (Lipinski definition) is 0. The number of ether oxygens (including phenoxy) is 2. The van der Waals surface area contributed by atoms with E-state index in [4.69, 9.17) is 9.47 Å². The highest BCUT2D eigenvalue weighted by molar-refractivity contribution is 5.79. The number of pyridine rings is 1. The van der Waals surface area contributed by atoms with Gasteiger partial charge in [0.1, 0.15) is 17.2 Å². The lowest BCUT2D eigenvalue weighted by molar-refractivity contribution is 0.408. The predicted octanol–water partition coefficient (Wildman–Crippen LogP) is 4.04. The molecule has 3 aromatic heterocycles. The summed E-state index contributed by atoms with van der Waals surface area (Å²) in [4.78, 5) is 22.0. The third-order valence-corrected chi connectivity index (χ3v) is 5.30. The lowest BCUT2D eigenvalue weighted by atomic mass is 10.2. The fourth-order valence-corrected chi connectivity index (χ4v) is 3.65. The van der Waals surface area contributed by atoms with Crippen molar-refractivity contribution in [2.24, 2.45) is 7.05 Å². The first kappa shape index (κ1) is 20.4. The SMILES string of the molecule is COc1ccccc1Cn1cnc2ccc(Oc3ccnc(-c4cnn(C)c4)c3)cc2c1=O. The van der Waals surface area contributed by atoms with Gasteiger partial charge in [-0.25, -0.2) is 4.98 Å². The van der Waals surface area contributed by atoms with Crippen LogP contribution in [0.3, 0.4) is 0 Å². The van der Waals surface area contributed by atoms with Crippen LogP contribution < -0.4 is 15.0 Å². The topological polar surface area (TPSA) is 84.1 Å². The van der Waals surface area contributed by atoms with Crippen molar-refractivity contribution >= 4 is 10.9 Å². The average Bonchev–Trinajstić information content (AvgIpc) is 3.28. The Morgan fingerprint density at radius 1 is 1.00 bits per heavy atom. The van der Waals surface area contributed by atoms with Crippen LogP contribution in [0, 0.1) is 0 Å². The summed E-state index contributed by atoms with van der Waals surface area (Å²) in [5.74, 6) is 1.88. The highest BCUT2D eigenvalue weighted by Crippen LogP contribution is 2.27. The number of para-hydroxylation sites is 1. The molecule has 0 N–H and O–H groups in total. The van der Waals surface area contributed by atoms with Gasteiger partial charge in [0, 0.05) is 36.6 Å². The first-order valence-corrected chi connectivity index (χ1v) is 10.3. The van der Waals surface area contributed by atoms with Crippen LogP contribution in [-0.2, 0) is 13.6 Å². The second kappa shape index (κ2) is 8.58. The maximum absolute atomic E-state index is 13.2. The Kier molecular flexibility index (Phi) is 5.32. The minimum absolute atomic E-state index is 0.151. The molecule has 0 unspecified atom stereocenters. The van der Waals surface area contributed by atoms with Crippen LogP contribution >= 0.6 is 0 Å². The Labute approximate surface area is 189 Å². The minimum atomic E-state index is -0.151. The quantitative estimate of drug-likeness (QED) is 0.397. The highest BCUT2D eigenvalue weighted by Gasteiger charge is 2.10. The van der Waals surface area contributed by atoms with Gasteiger partial charge in [-0.1, -0.05) is 18.2 Å². The summed E-state index contributed by atoms with van der Waals surface area (Å²) in [6.07, 6.45) is 6.87. The highest BCUT2D eigenvalue weighted by atomic mass is 16.5. The lowest BCUT2D eigenvalue weighted by Gasteiger charge is -2.11.